The van der Waals surface area contributed by atoms with Gasteiger partial charge in [-0.3, -0.25) is 9.59 Å². The van der Waals surface area contributed by atoms with Crippen molar-refractivity contribution in [1.29, 1.82) is 0 Å². The van der Waals surface area contributed by atoms with Gasteiger partial charge in [-0.25, -0.2) is 4.79 Å². The predicted octanol–water partition coefficient (Wildman–Crippen LogP) is 5.80. The van der Waals surface area contributed by atoms with Crippen molar-refractivity contribution >= 4 is 36.2 Å². The normalized spacial score (nSPS) is 15.2. The third kappa shape index (κ3) is 7.10. The smallest absolute Gasteiger partial charge is 0.408 e. The molecule has 206 valence electrons. The highest BCUT2D eigenvalue weighted by molar-refractivity contribution is 7.80. The van der Waals surface area contributed by atoms with E-state index in [1.54, 1.807) is 25.7 Å². The minimum absolute atomic E-state index is 0.0688. The van der Waals surface area contributed by atoms with Crippen LogP contribution in [0.25, 0.3) is 0 Å². The molecule has 0 heterocycles. The Morgan fingerprint density at radius 3 is 2.18 bits per heavy atom. The Bertz CT molecular complexity index is 1170. The van der Waals surface area contributed by atoms with E-state index in [0.29, 0.717) is 0 Å². The number of amides is 3. The van der Waals surface area contributed by atoms with Crippen LogP contribution < -0.4 is 10.6 Å². The van der Waals surface area contributed by atoms with Crippen LogP contribution in [0.4, 0.5) is 10.5 Å². The maximum Gasteiger partial charge on any atom is 0.408 e. The predicted molar refractivity (Wildman–Crippen MR) is 155 cm³/mol. The van der Waals surface area contributed by atoms with E-state index in [0.717, 1.165) is 52.8 Å². The first-order valence-electron chi connectivity index (χ1n) is 13.2. The molecule has 0 radical (unpaired) electrons. The second-order valence-corrected chi connectivity index (χ2v) is 11.6. The maximum absolute atomic E-state index is 14.2. The summed E-state index contributed by atoms with van der Waals surface area (Å²) in [7, 11) is 0. The largest absolute Gasteiger partial charge is 0.444 e. The number of ether oxygens (including phenoxy) is 1. The number of benzene rings is 2. The summed E-state index contributed by atoms with van der Waals surface area (Å²) in [6.45, 7) is 13.1. The van der Waals surface area contributed by atoms with Crippen LogP contribution in [0.5, 0.6) is 0 Å². The Hall–Kier alpha value is -3.00. The van der Waals surface area contributed by atoms with Crippen LogP contribution in [-0.4, -0.2) is 46.2 Å². The molecule has 1 saturated carbocycles. The topological polar surface area (TPSA) is 87.7 Å². The van der Waals surface area contributed by atoms with Gasteiger partial charge in [0.1, 0.15) is 17.7 Å². The molecule has 2 aromatic rings. The van der Waals surface area contributed by atoms with Gasteiger partial charge >= 0.3 is 6.09 Å². The zero-order valence-electron chi connectivity index (χ0n) is 23.6. The number of hydrogen-bond donors (Lipinski definition) is 3. The van der Waals surface area contributed by atoms with Crippen molar-refractivity contribution in [3.63, 3.8) is 0 Å². The van der Waals surface area contributed by atoms with Crippen molar-refractivity contribution in [1.82, 2.24) is 10.2 Å². The number of nitrogens with one attached hydrogen (secondary N) is 2. The molecule has 1 aliphatic carbocycles. The molecular formula is C30H41N3O4S. The third-order valence-electron chi connectivity index (χ3n) is 6.88. The first-order chi connectivity index (χ1) is 17.8. The van der Waals surface area contributed by atoms with E-state index in [-0.39, 0.29) is 23.6 Å². The second kappa shape index (κ2) is 12.2. The van der Waals surface area contributed by atoms with E-state index in [1.165, 1.54) is 0 Å². The minimum atomic E-state index is -0.950. The molecule has 2 aromatic carbocycles. The van der Waals surface area contributed by atoms with E-state index in [2.05, 4.69) is 23.3 Å². The quantitative estimate of drug-likeness (QED) is 0.370. The summed E-state index contributed by atoms with van der Waals surface area (Å²) in [4.78, 5) is 42.5. The fourth-order valence-corrected chi connectivity index (χ4v) is 4.92. The second-order valence-electron chi connectivity index (χ2n) is 11.2. The number of thiol groups is 1. The van der Waals surface area contributed by atoms with Crippen molar-refractivity contribution in [2.75, 3.05) is 11.1 Å². The Kier molecular flexibility index (Phi) is 9.52. The summed E-state index contributed by atoms with van der Waals surface area (Å²) in [5.41, 5.74) is 4.59. The fraction of sp³-hybridized carbons (Fsp3) is 0.500. The van der Waals surface area contributed by atoms with Gasteiger partial charge in [-0.1, -0.05) is 42.0 Å². The molecule has 8 heteroatoms. The SMILES string of the molecule is Cc1ccc(C)c(C(C(=O)Nc2c(C)cccc2C)N(C(=O)C(CS)NC(=O)OC(C)(C)C)C2CCC2)c1. The van der Waals surface area contributed by atoms with E-state index in [4.69, 9.17) is 4.74 Å². The first kappa shape index (κ1) is 29.6. The van der Waals surface area contributed by atoms with Crippen LogP contribution >= 0.6 is 12.6 Å². The number of alkyl carbamates (subject to hydrolysis) is 1. The van der Waals surface area contributed by atoms with Gasteiger partial charge in [0.2, 0.25) is 5.91 Å². The van der Waals surface area contributed by atoms with Crippen LogP contribution in [0, 0.1) is 27.7 Å². The van der Waals surface area contributed by atoms with Crippen LogP contribution in [0.1, 0.15) is 73.9 Å². The molecule has 2 N–H and O–H groups in total. The molecule has 1 fully saturated rings. The zero-order chi connectivity index (χ0) is 28.2. The maximum atomic E-state index is 14.2. The van der Waals surface area contributed by atoms with Crippen LogP contribution in [0.15, 0.2) is 36.4 Å². The molecule has 7 nitrogen and oxygen atoms in total. The number of carbonyl (C=O) groups excluding carboxylic acids is 3. The molecule has 2 atom stereocenters. The highest BCUT2D eigenvalue weighted by Crippen LogP contribution is 2.36. The number of carbonyl (C=O) groups is 3. The molecule has 38 heavy (non-hydrogen) atoms. The Balaban J connectivity index is 2.06. The standard InChI is InChI=1S/C30H41N3O4S/c1-18-14-15-19(2)23(16-18)26(27(34)32-25-20(3)10-8-11-21(25)4)33(22-12-9-13-22)28(35)24(17-38)31-29(36)37-30(5,6)7/h8,10-11,14-16,22,24,26,38H,9,12-13,17H2,1-7H3,(H,31,36)(H,32,34). The lowest BCUT2D eigenvalue weighted by atomic mass is 9.87. The third-order valence-corrected chi connectivity index (χ3v) is 7.24. The summed E-state index contributed by atoms with van der Waals surface area (Å²) in [5.74, 6) is -0.566. The van der Waals surface area contributed by atoms with Gasteiger partial charge in [0, 0.05) is 17.5 Å². The minimum Gasteiger partial charge on any atom is -0.444 e. The Morgan fingerprint density at radius 2 is 1.66 bits per heavy atom. The Morgan fingerprint density at radius 1 is 1.03 bits per heavy atom. The molecule has 0 aromatic heterocycles. The molecule has 2 unspecified atom stereocenters. The van der Waals surface area contributed by atoms with Crippen LogP contribution in [0.2, 0.25) is 0 Å². The number of nitrogens with zero attached hydrogens (tertiary/aromatic N) is 1. The van der Waals surface area contributed by atoms with Gasteiger partial charge in [-0.15, -0.1) is 0 Å². The highest BCUT2D eigenvalue weighted by atomic mass is 32.1. The van der Waals surface area contributed by atoms with Gasteiger partial charge < -0.3 is 20.3 Å². The fourth-order valence-electron chi connectivity index (χ4n) is 4.67. The molecule has 0 spiro atoms. The molecule has 1 aliphatic rings. The van der Waals surface area contributed by atoms with E-state index < -0.39 is 23.8 Å². The number of para-hydroxylation sites is 1. The molecular weight excluding hydrogens is 498 g/mol. The van der Waals surface area contributed by atoms with Crippen molar-refractivity contribution in [3.05, 3.63) is 64.2 Å². The lowest BCUT2D eigenvalue weighted by Gasteiger charge is -2.44. The number of hydrogen-bond acceptors (Lipinski definition) is 5. The molecule has 3 amide bonds. The zero-order valence-corrected chi connectivity index (χ0v) is 24.4. The van der Waals surface area contributed by atoms with Crippen molar-refractivity contribution in [2.45, 2.75) is 91.5 Å². The van der Waals surface area contributed by atoms with Gasteiger partial charge in [0.15, 0.2) is 0 Å². The molecule has 0 saturated heterocycles. The molecule has 3 rings (SSSR count). The van der Waals surface area contributed by atoms with E-state index in [9.17, 15) is 14.4 Å². The van der Waals surface area contributed by atoms with Crippen LogP contribution in [0.3, 0.4) is 0 Å². The number of aryl methyl sites for hydroxylation is 4. The van der Waals surface area contributed by atoms with Gasteiger partial charge in [0.05, 0.1) is 0 Å². The average Bonchev–Trinajstić information content (AvgIpc) is 2.79. The molecule has 0 bridgehead atoms. The Labute approximate surface area is 232 Å². The summed E-state index contributed by atoms with van der Waals surface area (Å²) in [5, 5.41) is 5.81. The van der Waals surface area contributed by atoms with E-state index >= 15 is 0 Å². The number of rotatable bonds is 8. The number of anilines is 1. The summed E-state index contributed by atoms with van der Waals surface area (Å²) in [6, 6.07) is 9.84. The van der Waals surface area contributed by atoms with E-state index in [1.807, 2.05) is 64.1 Å². The van der Waals surface area contributed by atoms with Crippen LogP contribution in [-0.2, 0) is 14.3 Å². The van der Waals surface area contributed by atoms with Gasteiger partial charge in [0.25, 0.3) is 5.91 Å². The van der Waals surface area contributed by atoms with Crippen molar-refractivity contribution in [3.8, 4) is 0 Å². The van der Waals surface area contributed by atoms with Crippen molar-refractivity contribution < 1.29 is 19.1 Å². The van der Waals surface area contributed by atoms with Gasteiger partial charge in [-0.05, 0) is 90.0 Å². The summed E-state index contributed by atoms with van der Waals surface area (Å²) < 4.78 is 5.40. The van der Waals surface area contributed by atoms with Gasteiger partial charge in [-0.2, -0.15) is 12.6 Å². The monoisotopic (exact) mass is 539 g/mol. The highest BCUT2D eigenvalue weighted by Gasteiger charge is 2.42. The average molecular weight is 540 g/mol. The summed E-state index contributed by atoms with van der Waals surface area (Å²) in [6.07, 6.45) is 1.85. The summed E-state index contributed by atoms with van der Waals surface area (Å²) >= 11 is 4.38. The van der Waals surface area contributed by atoms with Crippen molar-refractivity contribution in [2.24, 2.45) is 0 Å². The first-order valence-corrected chi connectivity index (χ1v) is 13.8. The lowest BCUT2D eigenvalue weighted by molar-refractivity contribution is -0.145. The molecule has 0 aliphatic heterocycles. The lowest BCUT2D eigenvalue weighted by Crippen LogP contribution is -2.57.